The monoisotopic (exact) mass is 277 g/mol. The molecule has 106 valence electrons. The van der Waals surface area contributed by atoms with Gasteiger partial charge in [0.15, 0.2) is 5.82 Å². The van der Waals surface area contributed by atoms with Gasteiger partial charge >= 0.3 is 0 Å². The van der Waals surface area contributed by atoms with Crippen LogP contribution in [0.2, 0.25) is 0 Å². The number of nitrogens with zero attached hydrogens (tertiary/aromatic N) is 4. The lowest BCUT2D eigenvalue weighted by atomic mass is 10.1. The highest BCUT2D eigenvalue weighted by atomic mass is 16.6. The molecule has 2 aromatic rings. The Bertz CT molecular complexity index is 623. The van der Waals surface area contributed by atoms with Crippen molar-refractivity contribution in [3.05, 3.63) is 34.1 Å². The molecule has 20 heavy (non-hydrogen) atoms. The number of hydrogen-bond acceptors (Lipinski definition) is 7. The highest BCUT2D eigenvalue weighted by Gasteiger charge is 2.15. The van der Waals surface area contributed by atoms with Crippen LogP contribution in [0.4, 0.5) is 11.4 Å². The molecule has 0 aliphatic rings. The molecule has 0 spiro atoms. The Kier molecular flexibility index (Phi) is 3.94. The highest BCUT2D eigenvalue weighted by Crippen LogP contribution is 2.28. The van der Waals surface area contributed by atoms with Gasteiger partial charge in [-0.3, -0.25) is 10.1 Å². The third-order valence-electron chi connectivity index (χ3n) is 2.73. The number of nitro benzene ring substituents is 1. The average Bonchev–Trinajstić information content (AvgIpc) is 2.84. The number of non-ortho nitro benzene ring substituents is 1. The van der Waals surface area contributed by atoms with Crippen LogP contribution in [0.5, 0.6) is 0 Å². The predicted molar refractivity (Wildman–Crippen MR) is 73.1 cm³/mol. The molecule has 2 N–H and O–H groups in total. The molecular weight excluding hydrogens is 262 g/mol. The standard InChI is InChI=1S/C12H15N5O3/c1-16(2)6-5-11-14-12(20-15-11)9-4-3-8(17(18)19)7-10(9)13/h3-4,7H,5-6,13H2,1-2H3. The van der Waals surface area contributed by atoms with E-state index in [1.807, 2.05) is 19.0 Å². The molecule has 0 aliphatic carbocycles. The van der Waals surface area contributed by atoms with Crippen LogP contribution in [-0.2, 0) is 6.42 Å². The van der Waals surface area contributed by atoms with Gasteiger partial charge in [-0.05, 0) is 20.2 Å². The van der Waals surface area contributed by atoms with Gasteiger partial charge in [-0.15, -0.1) is 0 Å². The van der Waals surface area contributed by atoms with Crippen LogP contribution in [0.15, 0.2) is 22.7 Å². The number of likely N-dealkylation sites (N-methyl/N-ethyl adjacent to an activating group) is 1. The third kappa shape index (κ3) is 3.09. The van der Waals surface area contributed by atoms with E-state index in [0.717, 1.165) is 6.54 Å². The molecule has 1 heterocycles. The molecule has 8 nitrogen and oxygen atoms in total. The SMILES string of the molecule is CN(C)CCc1noc(-c2ccc([N+](=O)[O-])cc2N)n1. The zero-order valence-electron chi connectivity index (χ0n) is 11.2. The molecule has 0 radical (unpaired) electrons. The first kappa shape index (κ1) is 13.9. The molecule has 0 fully saturated rings. The summed E-state index contributed by atoms with van der Waals surface area (Å²) in [5, 5.41) is 14.5. The van der Waals surface area contributed by atoms with E-state index in [0.29, 0.717) is 17.8 Å². The lowest BCUT2D eigenvalue weighted by Gasteiger charge is -2.05. The first-order chi connectivity index (χ1) is 9.47. The van der Waals surface area contributed by atoms with Gasteiger partial charge in [0.2, 0.25) is 0 Å². The van der Waals surface area contributed by atoms with Gasteiger partial charge in [-0.2, -0.15) is 4.98 Å². The van der Waals surface area contributed by atoms with Crippen LogP contribution in [0.3, 0.4) is 0 Å². The fraction of sp³-hybridized carbons (Fsp3) is 0.333. The summed E-state index contributed by atoms with van der Waals surface area (Å²) in [6, 6.07) is 4.14. The van der Waals surface area contributed by atoms with Gasteiger partial charge in [0, 0.05) is 25.1 Å². The lowest BCUT2D eigenvalue weighted by molar-refractivity contribution is -0.384. The van der Waals surface area contributed by atoms with E-state index in [2.05, 4.69) is 10.1 Å². The number of nitrogen functional groups attached to an aromatic ring is 1. The summed E-state index contributed by atoms with van der Waals surface area (Å²) < 4.78 is 5.13. The Labute approximate surface area is 115 Å². The van der Waals surface area contributed by atoms with Crippen molar-refractivity contribution in [1.29, 1.82) is 0 Å². The number of nitrogens with two attached hydrogens (primary N) is 1. The maximum atomic E-state index is 10.6. The van der Waals surface area contributed by atoms with Crippen LogP contribution < -0.4 is 5.73 Å². The van der Waals surface area contributed by atoms with E-state index in [4.69, 9.17) is 10.3 Å². The summed E-state index contributed by atoms with van der Waals surface area (Å²) in [6.07, 6.45) is 0.656. The zero-order valence-corrected chi connectivity index (χ0v) is 11.2. The maximum absolute atomic E-state index is 10.6. The van der Waals surface area contributed by atoms with Gasteiger partial charge in [0.1, 0.15) is 0 Å². The molecule has 0 saturated carbocycles. The number of nitro groups is 1. The van der Waals surface area contributed by atoms with Crippen molar-refractivity contribution in [2.75, 3.05) is 26.4 Å². The fourth-order valence-electron chi connectivity index (χ4n) is 1.65. The molecule has 0 bridgehead atoms. The molecule has 2 rings (SSSR count). The molecule has 0 saturated heterocycles. The summed E-state index contributed by atoms with van der Waals surface area (Å²) in [5.74, 6) is 0.845. The average molecular weight is 277 g/mol. The molecular formula is C12H15N5O3. The zero-order chi connectivity index (χ0) is 14.7. The highest BCUT2D eigenvalue weighted by molar-refractivity contribution is 5.72. The van der Waals surface area contributed by atoms with E-state index in [1.54, 1.807) is 0 Å². The lowest BCUT2D eigenvalue weighted by Crippen LogP contribution is -2.15. The third-order valence-corrected chi connectivity index (χ3v) is 2.73. The summed E-state index contributed by atoms with van der Waals surface area (Å²) in [5.41, 5.74) is 6.45. The van der Waals surface area contributed by atoms with Crippen molar-refractivity contribution in [1.82, 2.24) is 15.0 Å². The minimum Gasteiger partial charge on any atom is -0.398 e. The fourth-order valence-corrected chi connectivity index (χ4v) is 1.65. The van der Waals surface area contributed by atoms with E-state index in [1.165, 1.54) is 18.2 Å². The number of benzene rings is 1. The van der Waals surface area contributed by atoms with Crippen molar-refractivity contribution >= 4 is 11.4 Å². The topological polar surface area (TPSA) is 111 Å². The van der Waals surface area contributed by atoms with Crippen LogP contribution in [0.25, 0.3) is 11.5 Å². The van der Waals surface area contributed by atoms with Crippen molar-refractivity contribution in [2.24, 2.45) is 0 Å². The second-order valence-corrected chi connectivity index (χ2v) is 4.60. The minimum absolute atomic E-state index is 0.0707. The Balaban J connectivity index is 2.21. The minimum atomic E-state index is -0.504. The summed E-state index contributed by atoms with van der Waals surface area (Å²) >= 11 is 0. The Morgan fingerprint density at radius 3 is 2.80 bits per heavy atom. The number of anilines is 1. The normalized spacial score (nSPS) is 10.9. The number of hydrogen-bond donors (Lipinski definition) is 1. The molecule has 0 unspecified atom stereocenters. The first-order valence-corrected chi connectivity index (χ1v) is 5.99. The Morgan fingerprint density at radius 1 is 1.45 bits per heavy atom. The van der Waals surface area contributed by atoms with Gasteiger partial charge in [-0.25, -0.2) is 0 Å². The first-order valence-electron chi connectivity index (χ1n) is 5.99. The van der Waals surface area contributed by atoms with Crippen LogP contribution in [0.1, 0.15) is 5.82 Å². The maximum Gasteiger partial charge on any atom is 0.271 e. The van der Waals surface area contributed by atoms with Gasteiger partial charge in [0.05, 0.1) is 16.2 Å². The number of aromatic nitrogens is 2. The second-order valence-electron chi connectivity index (χ2n) is 4.60. The van der Waals surface area contributed by atoms with Gasteiger partial charge < -0.3 is 15.2 Å². The van der Waals surface area contributed by atoms with Crippen molar-refractivity contribution in [2.45, 2.75) is 6.42 Å². The van der Waals surface area contributed by atoms with Crippen molar-refractivity contribution in [3.63, 3.8) is 0 Å². The van der Waals surface area contributed by atoms with Gasteiger partial charge in [0.25, 0.3) is 11.6 Å². The van der Waals surface area contributed by atoms with E-state index in [9.17, 15) is 10.1 Å². The molecule has 0 amide bonds. The molecule has 0 aliphatic heterocycles. The van der Waals surface area contributed by atoms with Gasteiger partial charge in [-0.1, -0.05) is 5.16 Å². The van der Waals surface area contributed by atoms with Crippen molar-refractivity contribution < 1.29 is 9.45 Å². The smallest absolute Gasteiger partial charge is 0.271 e. The number of rotatable bonds is 5. The predicted octanol–water partition coefficient (Wildman–Crippen LogP) is 1.33. The summed E-state index contributed by atoms with van der Waals surface area (Å²) in [4.78, 5) is 16.4. The molecule has 1 aromatic carbocycles. The van der Waals surface area contributed by atoms with E-state index in [-0.39, 0.29) is 17.3 Å². The Morgan fingerprint density at radius 2 is 2.20 bits per heavy atom. The van der Waals surface area contributed by atoms with Crippen LogP contribution in [0, 0.1) is 10.1 Å². The molecule has 1 aromatic heterocycles. The quantitative estimate of drug-likeness (QED) is 0.498. The van der Waals surface area contributed by atoms with Crippen LogP contribution in [-0.4, -0.2) is 40.6 Å². The van der Waals surface area contributed by atoms with E-state index < -0.39 is 4.92 Å². The summed E-state index contributed by atoms with van der Waals surface area (Å²) in [6.45, 7) is 0.800. The second kappa shape index (κ2) is 5.66. The van der Waals surface area contributed by atoms with E-state index >= 15 is 0 Å². The Hall–Kier alpha value is -2.48. The largest absolute Gasteiger partial charge is 0.398 e. The van der Waals surface area contributed by atoms with Crippen molar-refractivity contribution in [3.8, 4) is 11.5 Å². The summed E-state index contributed by atoms with van der Waals surface area (Å²) in [7, 11) is 3.91. The molecule has 8 heteroatoms. The van der Waals surface area contributed by atoms with Crippen LogP contribution >= 0.6 is 0 Å². The molecule has 0 atom stereocenters.